The quantitative estimate of drug-likeness (QED) is 0.772. The number of carbonyl (C=O) groups excluding carboxylic acids is 2. The van der Waals surface area contributed by atoms with Crippen molar-refractivity contribution in [1.29, 1.82) is 0 Å². The molecule has 1 aromatic heterocycles. The molecule has 3 N–H and O–H groups in total. The molecule has 2 aliphatic heterocycles. The van der Waals surface area contributed by atoms with Crippen LogP contribution in [0.2, 0.25) is 0 Å². The van der Waals surface area contributed by atoms with Crippen molar-refractivity contribution in [3.8, 4) is 0 Å². The Morgan fingerprint density at radius 2 is 2.03 bits per heavy atom. The lowest BCUT2D eigenvalue weighted by Gasteiger charge is -2.27. The first-order valence-electron chi connectivity index (χ1n) is 9.27. The molecule has 9 nitrogen and oxygen atoms in total. The number of carbonyl (C=O) groups is 2. The number of hydrogen-bond donors (Lipinski definition) is 2. The smallest absolute Gasteiger partial charge is 0.326 e. The van der Waals surface area contributed by atoms with Gasteiger partial charge in [0, 0.05) is 43.0 Å². The number of urea groups is 1. The van der Waals surface area contributed by atoms with E-state index in [1.54, 1.807) is 21.9 Å². The van der Waals surface area contributed by atoms with E-state index in [-0.39, 0.29) is 22.4 Å². The van der Waals surface area contributed by atoms with Crippen molar-refractivity contribution >= 4 is 27.8 Å². The normalized spacial score (nSPS) is 18.6. The van der Waals surface area contributed by atoms with Gasteiger partial charge in [0.1, 0.15) is 5.82 Å². The van der Waals surface area contributed by atoms with Crippen molar-refractivity contribution in [3.63, 3.8) is 0 Å². The molecule has 0 unspecified atom stereocenters. The van der Waals surface area contributed by atoms with Gasteiger partial charge in [0.2, 0.25) is 0 Å². The fourth-order valence-electron chi connectivity index (χ4n) is 3.97. The molecule has 0 bridgehead atoms. The van der Waals surface area contributed by atoms with Gasteiger partial charge in [-0.3, -0.25) is 4.79 Å². The fourth-order valence-corrected chi connectivity index (χ4v) is 4.89. The van der Waals surface area contributed by atoms with E-state index in [1.165, 1.54) is 18.2 Å². The Labute approximate surface area is 168 Å². The van der Waals surface area contributed by atoms with Crippen LogP contribution in [0.5, 0.6) is 0 Å². The maximum absolute atomic E-state index is 13.2. The summed E-state index contributed by atoms with van der Waals surface area (Å²) in [5, 5.41) is 0. The summed E-state index contributed by atoms with van der Waals surface area (Å²) in [6, 6.07) is 8.41. The number of nitrogens with one attached hydrogen (secondary N) is 1. The SMILES string of the molecule is NC(=O)NS(=O)(=O)c1cccc(C(=O)N2Cc3cccnc3N3CCC[C@@H]3C2)c1. The van der Waals surface area contributed by atoms with Gasteiger partial charge >= 0.3 is 6.03 Å². The van der Waals surface area contributed by atoms with Gasteiger partial charge in [-0.25, -0.2) is 22.9 Å². The molecule has 1 atom stereocenters. The first-order chi connectivity index (χ1) is 13.8. The molecule has 152 valence electrons. The Bertz CT molecular complexity index is 1070. The second-order valence-electron chi connectivity index (χ2n) is 7.16. The highest BCUT2D eigenvalue weighted by Gasteiger charge is 2.34. The van der Waals surface area contributed by atoms with Gasteiger partial charge in [-0.2, -0.15) is 0 Å². The van der Waals surface area contributed by atoms with Crippen molar-refractivity contribution in [2.45, 2.75) is 30.3 Å². The van der Waals surface area contributed by atoms with Gasteiger partial charge in [-0.1, -0.05) is 12.1 Å². The maximum Gasteiger partial charge on any atom is 0.326 e. The van der Waals surface area contributed by atoms with Gasteiger partial charge in [0.25, 0.3) is 15.9 Å². The minimum absolute atomic E-state index is 0.179. The van der Waals surface area contributed by atoms with Crippen molar-refractivity contribution in [2.24, 2.45) is 5.73 Å². The van der Waals surface area contributed by atoms with Crippen LogP contribution in [0.25, 0.3) is 0 Å². The molecule has 4 rings (SSSR count). The molecule has 29 heavy (non-hydrogen) atoms. The highest BCUT2D eigenvalue weighted by molar-refractivity contribution is 7.90. The zero-order valence-corrected chi connectivity index (χ0v) is 16.4. The Balaban J connectivity index is 1.65. The average Bonchev–Trinajstić information content (AvgIpc) is 3.08. The summed E-state index contributed by atoms with van der Waals surface area (Å²) in [7, 11) is -4.13. The van der Waals surface area contributed by atoms with E-state index in [2.05, 4.69) is 9.88 Å². The molecule has 0 spiro atoms. The van der Waals surface area contributed by atoms with E-state index < -0.39 is 16.1 Å². The van der Waals surface area contributed by atoms with E-state index in [0.29, 0.717) is 13.1 Å². The predicted molar refractivity (Wildman–Crippen MR) is 106 cm³/mol. The minimum atomic E-state index is -4.13. The highest BCUT2D eigenvalue weighted by Crippen LogP contribution is 2.32. The molecule has 1 saturated heterocycles. The van der Waals surface area contributed by atoms with Crippen LogP contribution < -0.4 is 15.4 Å². The predicted octanol–water partition coefficient (Wildman–Crippen LogP) is 1.06. The number of benzene rings is 1. The minimum Gasteiger partial charge on any atom is -0.352 e. The number of aromatic nitrogens is 1. The lowest BCUT2D eigenvalue weighted by atomic mass is 10.1. The fraction of sp³-hybridized carbons (Fsp3) is 0.316. The topological polar surface area (TPSA) is 126 Å². The lowest BCUT2D eigenvalue weighted by Crippen LogP contribution is -2.40. The van der Waals surface area contributed by atoms with Crippen LogP contribution in [-0.2, 0) is 16.6 Å². The van der Waals surface area contributed by atoms with Crippen molar-refractivity contribution in [1.82, 2.24) is 14.6 Å². The number of fused-ring (bicyclic) bond motifs is 3. The molecule has 2 aliphatic rings. The molecule has 1 aromatic carbocycles. The molecule has 2 aromatic rings. The van der Waals surface area contributed by atoms with Crippen LogP contribution in [0.15, 0.2) is 47.5 Å². The van der Waals surface area contributed by atoms with E-state index in [0.717, 1.165) is 30.8 Å². The first kappa shape index (κ1) is 19.2. The summed E-state index contributed by atoms with van der Waals surface area (Å²) in [6.45, 7) is 1.83. The number of nitrogens with zero attached hydrogens (tertiary/aromatic N) is 3. The summed E-state index contributed by atoms with van der Waals surface area (Å²) in [5.41, 5.74) is 6.12. The Morgan fingerprint density at radius 3 is 2.83 bits per heavy atom. The third kappa shape index (κ3) is 3.75. The van der Waals surface area contributed by atoms with Crippen LogP contribution in [-0.4, -0.2) is 49.4 Å². The van der Waals surface area contributed by atoms with Crippen LogP contribution in [0.3, 0.4) is 0 Å². The monoisotopic (exact) mass is 415 g/mol. The Kier molecular flexibility index (Phi) is 4.87. The number of nitrogens with two attached hydrogens (primary N) is 1. The molecular weight excluding hydrogens is 394 g/mol. The number of rotatable bonds is 3. The molecule has 0 aliphatic carbocycles. The molecule has 1 fully saturated rings. The average molecular weight is 415 g/mol. The third-order valence-electron chi connectivity index (χ3n) is 5.22. The molecule has 3 heterocycles. The zero-order valence-electron chi connectivity index (χ0n) is 15.6. The largest absolute Gasteiger partial charge is 0.352 e. The van der Waals surface area contributed by atoms with E-state index in [4.69, 9.17) is 5.73 Å². The van der Waals surface area contributed by atoms with Crippen molar-refractivity contribution in [2.75, 3.05) is 18.0 Å². The van der Waals surface area contributed by atoms with Gasteiger partial charge in [-0.15, -0.1) is 0 Å². The van der Waals surface area contributed by atoms with Gasteiger partial charge < -0.3 is 15.5 Å². The Morgan fingerprint density at radius 1 is 1.21 bits per heavy atom. The summed E-state index contributed by atoms with van der Waals surface area (Å²) in [6.07, 6.45) is 3.76. The highest BCUT2D eigenvalue weighted by atomic mass is 32.2. The van der Waals surface area contributed by atoms with E-state index in [1.807, 2.05) is 12.1 Å². The number of sulfonamides is 1. The van der Waals surface area contributed by atoms with Crippen molar-refractivity contribution in [3.05, 3.63) is 53.7 Å². The number of anilines is 1. The molecule has 3 amide bonds. The van der Waals surface area contributed by atoms with E-state index >= 15 is 0 Å². The summed E-state index contributed by atoms with van der Waals surface area (Å²) < 4.78 is 26.1. The molecular formula is C19H21N5O4S. The van der Waals surface area contributed by atoms with Crippen LogP contribution in [0.1, 0.15) is 28.8 Å². The van der Waals surface area contributed by atoms with Crippen LogP contribution in [0.4, 0.5) is 10.6 Å². The second-order valence-corrected chi connectivity index (χ2v) is 8.84. The molecule has 10 heteroatoms. The summed E-state index contributed by atoms with van der Waals surface area (Å²) in [5.74, 6) is 0.636. The number of pyridine rings is 1. The second kappa shape index (κ2) is 7.36. The Hall–Kier alpha value is -3.14. The third-order valence-corrected chi connectivity index (χ3v) is 6.57. The summed E-state index contributed by atoms with van der Waals surface area (Å²) >= 11 is 0. The van der Waals surface area contributed by atoms with Crippen molar-refractivity contribution < 1.29 is 18.0 Å². The van der Waals surface area contributed by atoms with Crippen LogP contribution >= 0.6 is 0 Å². The number of hydrogen-bond acceptors (Lipinski definition) is 6. The molecule has 0 saturated carbocycles. The van der Waals surface area contributed by atoms with Gasteiger partial charge in [-0.05, 0) is 37.1 Å². The lowest BCUT2D eigenvalue weighted by molar-refractivity contribution is 0.0738. The standard InChI is InChI=1S/C19H21N5O4S/c20-19(26)22-29(27,28)16-7-1-4-13(10-16)18(25)23-11-14-5-2-8-21-17(14)24-9-3-6-15(24)12-23/h1-2,4-5,7-8,10,15H,3,6,9,11-12H2,(H3,20,22,26)/t15-/m1/s1. The maximum atomic E-state index is 13.2. The number of amides is 3. The van der Waals surface area contributed by atoms with Gasteiger partial charge in [0.15, 0.2) is 0 Å². The molecule has 0 radical (unpaired) electrons. The zero-order chi connectivity index (χ0) is 20.6. The summed E-state index contributed by atoms with van der Waals surface area (Å²) in [4.78, 5) is 32.5. The van der Waals surface area contributed by atoms with Gasteiger partial charge in [0.05, 0.1) is 4.90 Å². The van der Waals surface area contributed by atoms with Crippen LogP contribution in [0, 0.1) is 0 Å². The van der Waals surface area contributed by atoms with E-state index in [9.17, 15) is 18.0 Å². The first-order valence-corrected chi connectivity index (χ1v) is 10.8. The number of primary amides is 1.